The summed E-state index contributed by atoms with van der Waals surface area (Å²) in [6.07, 6.45) is 2.64. The summed E-state index contributed by atoms with van der Waals surface area (Å²) >= 11 is 0. The minimum atomic E-state index is -0.127. The fourth-order valence-electron chi connectivity index (χ4n) is 2.96. The molecule has 1 aliphatic rings. The standard InChI is InChI=1S/C18H28NP/c1-17(2,3)15-12-13-20(18(4,5)6)16(15)19-14-10-8-7-9-11-14/h7-11,15H,12-13H2,1-6H3. The molecule has 1 aliphatic heterocycles. The van der Waals surface area contributed by atoms with Gasteiger partial charge in [0.25, 0.3) is 0 Å². The molecule has 2 heteroatoms. The SMILES string of the molecule is CC(C)(C)C1CCP(C(C)(C)C)C1=Nc1ccccc1. The maximum atomic E-state index is 5.10. The van der Waals surface area contributed by atoms with E-state index in [2.05, 4.69) is 71.9 Å². The third kappa shape index (κ3) is 3.50. The zero-order valence-electron chi connectivity index (χ0n) is 13.8. The van der Waals surface area contributed by atoms with Gasteiger partial charge in [-0.2, -0.15) is 0 Å². The lowest BCUT2D eigenvalue weighted by atomic mass is 9.80. The van der Waals surface area contributed by atoms with Crippen molar-refractivity contribution in [3.05, 3.63) is 30.3 Å². The molecule has 1 saturated heterocycles. The average Bonchev–Trinajstić information content (AvgIpc) is 2.73. The molecule has 110 valence electrons. The first-order valence-corrected chi connectivity index (χ1v) is 9.13. The number of para-hydroxylation sites is 1. The van der Waals surface area contributed by atoms with Crippen molar-refractivity contribution in [1.29, 1.82) is 0 Å². The van der Waals surface area contributed by atoms with E-state index in [1.54, 1.807) is 0 Å². The Morgan fingerprint density at radius 1 is 1.00 bits per heavy atom. The van der Waals surface area contributed by atoms with E-state index < -0.39 is 0 Å². The van der Waals surface area contributed by atoms with Gasteiger partial charge in [0.1, 0.15) is 0 Å². The summed E-state index contributed by atoms with van der Waals surface area (Å²) in [4.78, 5) is 5.10. The molecule has 0 bridgehead atoms. The van der Waals surface area contributed by atoms with E-state index in [0.29, 0.717) is 16.5 Å². The molecular weight excluding hydrogens is 261 g/mol. The number of aliphatic imine (C=N–C) groups is 1. The number of hydrogen-bond acceptors (Lipinski definition) is 1. The Labute approximate surface area is 125 Å². The monoisotopic (exact) mass is 289 g/mol. The molecule has 20 heavy (non-hydrogen) atoms. The Kier molecular flexibility index (Phi) is 4.40. The molecule has 0 aromatic heterocycles. The third-order valence-corrected chi connectivity index (χ3v) is 7.37. The Balaban J connectivity index is 2.42. The molecule has 0 radical (unpaired) electrons. The maximum Gasteiger partial charge on any atom is 0.0633 e. The van der Waals surface area contributed by atoms with Crippen LogP contribution in [0.3, 0.4) is 0 Å². The van der Waals surface area contributed by atoms with Crippen LogP contribution in [-0.4, -0.2) is 16.8 Å². The van der Waals surface area contributed by atoms with Crippen LogP contribution in [0.2, 0.25) is 0 Å². The van der Waals surface area contributed by atoms with Crippen molar-refractivity contribution >= 4 is 19.1 Å². The summed E-state index contributed by atoms with van der Waals surface area (Å²) in [5.41, 5.74) is 2.93. The molecule has 1 aromatic rings. The molecule has 1 fully saturated rings. The van der Waals surface area contributed by atoms with Crippen LogP contribution >= 0.6 is 7.92 Å². The van der Waals surface area contributed by atoms with Gasteiger partial charge in [0.15, 0.2) is 0 Å². The second-order valence-electron chi connectivity index (χ2n) is 7.84. The van der Waals surface area contributed by atoms with Gasteiger partial charge in [-0.3, -0.25) is 4.99 Å². The van der Waals surface area contributed by atoms with Gasteiger partial charge in [-0.25, -0.2) is 0 Å². The van der Waals surface area contributed by atoms with Gasteiger partial charge in [-0.05, 0) is 35.3 Å². The summed E-state index contributed by atoms with van der Waals surface area (Å²) in [5.74, 6) is 0.632. The minimum absolute atomic E-state index is 0.127. The average molecular weight is 289 g/mol. The lowest BCUT2D eigenvalue weighted by Crippen LogP contribution is -2.25. The first kappa shape index (κ1) is 15.7. The Bertz CT molecular complexity index is 452. The summed E-state index contributed by atoms with van der Waals surface area (Å²) in [6.45, 7) is 14.2. The van der Waals surface area contributed by atoms with Crippen LogP contribution in [0, 0.1) is 11.3 Å². The summed E-state index contributed by atoms with van der Waals surface area (Å²) in [5, 5.41) is 0.364. The smallest absolute Gasteiger partial charge is 0.0633 e. The van der Waals surface area contributed by atoms with Crippen LogP contribution in [-0.2, 0) is 0 Å². The molecule has 1 heterocycles. The van der Waals surface area contributed by atoms with Gasteiger partial charge < -0.3 is 0 Å². The highest BCUT2D eigenvalue weighted by Gasteiger charge is 2.43. The molecule has 1 aromatic carbocycles. The molecule has 0 spiro atoms. The fourth-order valence-corrected chi connectivity index (χ4v) is 6.19. The van der Waals surface area contributed by atoms with E-state index in [-0.39, 0.29) is 7.92 Å². The Morgan fingerprint density at radius 2 is 1.60 bits per heavy atom. The van der Waals surface area contributed by atoms with Crippen molar-refractivity contribution in [3.8, 4) is 0 Å². The summed E-state index contributed by atoms with van der Waals surface area (Å²) < 4.78 is 0. The van der Waals surface area contributed by atoms with Crippen LogP contribution in [0.25, 0.3) is 0 Å². The molecule has 2 rings (SSSR count). The molecule has 2 unspecified atom stereocenters. The quantitative estimate of drug-likeness (QED) is 0.557. The highest BCUT2D eigenvalue weighted by molar-refractivity contribution is 7.77. The van der Waals surface area contributed by atoms with E-state index in [4.69, 9.17) is 4.99 Å². The van der Waals surface area contributed by atoms with Crippen molar-refractivity contribution in [2.45, 2.75) is 53.1 Å². The molecule has 0 aliphatic carbocycles. The fraction of sp³-hybridized carbons (Fsp3) is 0.611. The predicted octanol–water partition coefficient (Wildman–Crippen LogP) is 6.06. The maximum absolute atomic E-state index is 5.10. The molecular formula is C18H28NP. The van der Waals surface area contributed by atoms with Crippen molar-refractivity contribution in [1.82, 2.24) is 0 Å². The van der Waals surface area contributed by atoms with Crippen molar-refractivity contribution in [3.63, 3.8) is 0 Å². The zero-order valence-corrected chi connectivity index (χ0v) is 14.7. The van der Waals surface area contributed by atoms with Gasteiger partial charge in [0.05, 0.1) is 5.69 Å². The molecule has 0 saturated carbocycles. The minimum Gasteiger partial charge on any atom is -0.253 e. The third-order valence-electron chi connectivity index (χ3n) is 4.08. The Hall–Kier alpha value is -0.680. The van der Waals surface area contributed by atoms with Crippen LogP contribution in [0.4, 0.5) is 5.69 Å². The van der Waals surface area contributed by atoms with Crippen molar-refractivity contribution in [2.24, 2.45) is 16.3 Å². The first-order chi connectivity index (χ1) is 9.19. The van der Waals surface area contributed by atoms with Gasteiger partial charge in [0.2, 0.25) is 0 Å². The van der Waals surface area contributed by atoms with Gasteiger partial charge >= 0.3 is 0 Å². The van der Waals surface area contributed by atoms with Crippen LogP contribution in [0.1, 0.15) is 48.0 Å². The topological polar surface area (TPSA) is 12.4 Å². The van der Waals surface area contributed by atoms with Gasteiger partial charge in [0, 0.05) is 11.4 Å². The van der Waals surface area contributed by atoms with Crippen molar-refractivity contribution in [2.75, 3.05) is 6.16 Å². The zero-order chi connectivity index (χ0) is 15.0. The molecule has 2 atom stereocenters. The van der Waals surface area contributed by atoms with Gasteiger partial charge in [-0.15, -0.1) is 0 Å². The van der Waals surface area contributed by atoms with Crippen LogP contribution in [0.15, 0.2) is 35.3 Å². The van der Waals surface area contributed by atoms with E-state index >= 15 is 0 Å². The lowest BCUT2D eigenvalue weighted by molar-refractivity contribution is 0.314. The second kappa shape index (κ2) is 5.60. The number of hydrogen-bond donors (Lipinski definition) is 0. The molecule has 1 nitrogen and oxygen atoms in total. The van der Waals surface area contributed by atoms with Crippen molar-refractivity contribution < 1.29 is 0 Å². The normalized spacial score (nSPS) is 26.2. The van der Waals surface area contributed by atoms with E-state index in [1.165, 1.54) is 18.0 Å². The number of nitrogens with zero attached hydrogens (tertiary/aromatic N) is 1. The number of rotatable bonds is 1. The Morgan fingerprint density at radius 3 is 2.10 bits per heavy atom. The largest absolute Gasteiger partial charge is 0.253 e. The highest BCUT2D eigenvalue weighted by Crippen LogP contribution is 2.61. The predicted molar refractivity (Wildman–Crippen MR) is 92.6 cm³/mol. The van der Waals surface area contributed by atoms with E-state index in [9.17, 15) is 0 Å². The van der Waals surface area contributed by atoms with E-state index in [1.807, 2.05) is 0 Å². The highest BCUT2D eigenvalue weighted by atomic mass is 31.1. The van der Waals surface area contributed by atoms with Gasteiger partial charge in [-0.1, -0.05) is 67.7 Å². The second-order valence-corrected chi connectivity index (χ2v) is 10.9. The van der Waals surface area contributed by atoms with Crippen LogP contribution < -0.4 is 0 Å². The summed E-state index contributed by atoms with van der Waals surface area (Å²) in [6, 6.07) is 10.5. The molecule has 0 amide bonds. The lowest BCUT2D eigenvalue weighted by Gasteiger charge is -2.33. The molecule has 0 N–H and O–H groups in total. The van der Waals surface area contributed by atoms with Crippen LogP contribution in [0.5, 0.6) is 0 Å². The number of benzene rings is 1. The summed E-state index contributed by atoms with van der Waals surface area (Å²) in [7, 11) is -0.127. The van der Waals surface area contributed by atoms with E-state index in [0.717, 1.165) is 5.69 Å². The first-order valence-electron chi connectivity index (χ1n) is 7.61.